The van der Waals surface area contributed by atoms with E-state index in [-0.39, 0.29) is 0 Å². The number of hydrogen-bond donors (Lipinski definition) is 0. The van der Waals surface area contributed by atoms with Crippen molar-refractivity contribution in [3.63, 3.8) is 0 Å². The fourth-order valence-electron chi connectivity index (χ4n) is 1.50. The zero-order chi connectivity index (χ0) is 12.2. The molecule has 1 aromatic carbocycles. The van der Waals surface area contributed by atoms with Crippen LogP contribution >= 0.6 is 11.8 Å². The molecular formula is C11H14O3S2. The molecule has 0 spiro atoms. The third-order valence-corrected chi connectivity index (χ3v) is 4.35. The summed E-state index contributed by atoms with van der Waals surface area (Å²) in [4.78, 5) is 11.4. The highest BCUT2D eigenvalue weighted by Gasteiger charge is 2.15. The molecule has 0 radical (unpaired) electrons. The Hall–Kier alpha value is -0.810. The number of thioether (sulfide) groups is 1. The van der Waals surface area contributed by atoms with Gasteiger partial charge in [-0.15, -0.1) is 11.8 Å². The Morgan fingerprint density at radius 3 is 2.56 bits per heavy atom. The van der Waals surface area contributed by atoms with E-state index in [1.165, 1.54) is 18.0 Å². The minimum absolute atomic E-state index is 0.350. The van der Waals surface area contributed by atoms with Crippen molar-refractivity contribution in [1.82, 2.24) is 0 Å². The first-order valence-electron chi connectivity index (χ1n) is 4.80. The fourth-order valence-corrected chi connectivity index (χ4v) is 3.70. The van der Waals surface area contributed by atoms with Crippen LogP contribution in [0, 0.1) is 0 Å². The summed E-state index contributed by atoms with van der Waals surface area (Å²) in [7, 11) is -3.20. The van der Waals surface area contributed by atoms with Gasteiger partial charge >= 0.3 is 0 Å². The summed E-state index contributed by atoms with van der Waals surface area (Å²) in [6.45, 7) is 0. The molecule has 0 bridgehead atoms. The fraction of sp³-hybridized carbons (Fsp3) is 0.364. The number of carbonyl (C=O) groups is 1. The summed E-state index contributed by atoms with van der Waals surface area (Å²) < 4.78 is 23.1. The molecule has 0 aromatic heterocycles. The highest BCUT2D eigenvalue weighted by molar-refractivity contribution is 7.99. The second-order valence-electron chi connectivity index (χ2n) is 3.43. The summed E-state index contributed by atoms with van der Waals surface area (Å²) in [5, 5.41) is 0. The van der Waals surface area contributed by atoms with Crippen LogP contribution in [-0.2, 0) is 21.1 Å². The van der Waals surface area contributed by atoms with E-state index in [0.29, 0.717) is 17.7 Å². The molecule has 0 aliphatic heterocycles. The second-order valence-corrected chi connectivity index (χ2v) is 6.23. The van der Waals surface area contributed by atoms with Crippen LogP contribution in [-0.4, -0.2) is 27.2 Å². The molecule has 0 aliphatic carbocycles. The molecule has 0 fully saturated rings. The zero-order valence-electron chi connectivity index (χ0n) is 9.26. The molecule has 0 N–H and O–H groups in total. The van der Waals surface area contributed by atoms with Crippen molar-refractivity contribution in [2.24, 2.45) is 0 Å². The minimum atomic E-state index is -3.20. The van der Waals surface area contributed by atoms with Crippen molar-refractivity contribution >= 4 is 27.9 Å². The number of rotatable bonds is 5. The molecule has 3 nitrogen and oxygen atoms in total. The molecule has 1 rings (SSSR count). The van der Waals surface area contributed by atoms with Crippen molar-refractivity contribution in [2.45, 2.75) is 22.6 Å². The molecule has 88 valence electrons. The van der Waals surface area contributed by atoms with Crippen molar-refractivity contribution in [3.8, 4) is 0 Å². The van der Waals surface area contributed by atoms with Gasteiger partial charge in [0, 0.05) is 17.6 Å². The number of carbonyl (C=O) groups excluding carboxylic acids is 1. The van der Waals surface area contributed by atoms with E-state index in [0.717, 1.165) is 16.7 Å². The average molecular weight is 258 g/mol. The van der Waals surface area contributed by atoms with Crippen LogP contribution in [0.1, 0.15) is 12.0 Å². The Morgan fingerprint density at radius 2 is 2.06 bits per heavy atom. The summed E-state index contributed by atoms with van der Waals surface area (Å²) in [6.07, 6.45) is 4.89. The molecule has 0 saturated carbocycles. The van der Waals surface area contributed by atoms with Gasteiger partial charge in [-0.25, -0.2) is 8.42 Å². The van der Waals surface area contributed by atoms with E-state index < -0.39 is 9.84 Å². The Morgan fingerprint density at radius 1 is 1.38 bits per heavy atom. The molecule has 0 aliphatic rings. The van der Waals surface area contributed by atoms with Crippen LogP contribution in [0.2, 0.25) is 0 Å². The maximum Gasteiger partial charge on any atom is 0.176 e. The van der Waals surface area contributed by atoms with Gasteiger partial charge in [-0.1, -0.05) is 12.1 Å². The molecule has 0 heterocycles. The Labute approximate surface area is 100 Å². The van der Waals surface area contributed by atoms with Crippen molar-refractivity contribution in [3.05, 3.63) is 23.8 Å². The molecule has 0 saturated heterocycles. The minimum Gasteiger partial charge on any atom is -0.303 e. The summed E-state index contributed by atoms with van der Waals surface area (Å²) in [6, 6.07) is 5.19. The van der Waals surface area contributed by atoms with Gasteiger partial charge in [-0.05, 0) is 24.3 Å². The first-order valence-corrected chi connectivity index (χ1v) is 7.92. The maximum atomic E-state index is 11.6. The lowest BCUT2D eigenvalue weighted by Crippen LogP contribution is -2.02. The van der Waals surface area contributed by atoms with Crippen LogP contribution < -0.4 is 0 Å². The third kappa shape index (κ3) is 3.09. The molecule has 0 atom stereocenters. The molecule has 16 heavy (non-hydrogen) atoms. The molecule has 0 amide bonds. The second kappa shape index (κ2) is 5.50. The van der Waals surface area contributed by atoms with Gasteiger partial charge in [-0.2, -0.15) is 0 Å². The SMILES string of the molecule is CSc1c(CCC=O)cccc1S(C)(=O)=O. The van der Waals surface area contributed by atoms with Crippen molar-refractivity contribution in [2.75, 3.05) is 12.5 Å². The predicted octanol–water partition coefficient (Wildman–Crippen LogP) is 1.94. The zero-order valence-corrected chi connectivity index (χ0v) is 10.9. The Kier molecular flexibility index (Phi) is 4.56. The van der Waals surface area contributed by atoms with E-state index in [1.54, 1.807) is 12.1 Å². The van der Waals surface area contributed by atoms with E-state index in [9.17, 15) is 13.2 Å². The van der Waals surface area contributed by atoms with Gasteiger partial charge in [0.1, 0.15) is 6.29 Å². The largest absolute Gasteiger partial charge is 0.303 e. The number of aryl methyl sites for hydroxylation is 1. The Bertz CT molecular complexity index is 478. The molecule has 5 heteroatoms. The maximum absolute atomic E-state index is 11.6. The number of aldehydes is 1. The van der Waals surface area contributed by atoms with Gasteiger partial charge < -0.3 is 4.79 Å². The van der Waals surface area contributed by atoms with E-state index in [4.69, 9.17) is 0 Å². The lowest BCUT2D eigenvalue weighted by Gasteiger charge is -2.10. The van der Waals surface area contributed by atoms with Crippen LogP contribution in [0.15, 0.2) is 28.0 Å². The number of sulfone groups is 1. The first-order chi connectivity index (χ1) is 7.50. The molecular weight excluding hydrogens is 244 g/mol. The lowest BCUT2D eigenvalue weighted by atomic mass is 10.1. The first kappa shape index (κ1) is 13.3. The topological polar surface area (TPSA) is 51.2 Å². The van der Waals surface area contributed by atoms with Gasteiger partial charge in [0.15, 0.2) is 9.84 Å². The average Bonchev–Trinajstić information content (AvgIpc) is 2.24. The number of benzene rings is 1. The van der Waals surface area contributed by atoms with Gasteiger partial charge in [-0.3, -0.25) is 0 Å². The van der Waals surface area contributed by atoms with Crippen LogP contribution in [0.5, 0.6) is 0 Å². The predicted molar refractivity (Wildman–Crippen MR) is 65.7 cm³/mol. The summed E-state index contributed by atoms with van der Waals surface area (Å²) in [5.74, 6) is 0. The van der Waals surface area contributed by atoms with Crippen LogP contribution in [0.25, 0.3) is 0 Å². The number of hydrogen-bond acceptors (Lipinski definition) is 4. The van der Waals surface area contributed by atoms with Crippen LogP contribution in [0.3, 0.4) is 0 Å². The van der Waals surface area contributed by atoms with Crippen molar-refractivity contribution in [1.29, 1.82) is 0 Å². The third-order valence-electron chi connectivity index (χ3n) is 2.20. The molecule has 1 aromatic rings. The highest BCUT2D eigenvalue weighted by Crippen LogP contribution is 2.29. The van der Waals surface area contributed by atoms with E-state index in [2.05, 4.69) is 0 Å². The van der Waals surface area contributed by atoms with Gasteiger partial charge in [0.2, 0.25) is 0 Å². The normalized spacial score (nSPS) is 11.4. The lowest BCUT2D eigenvalue weighted by molar-refractivity contribution is -0.107. The van der Waals surface area contributed by atoms with Crippen LogP contribution in [0.4, 0.5) is 0 Å². The monoisotopic (exact) mass is 258 g/mol. The summed E-state index contributed by atoms with van der Waals surface area (Å²) in [5.41, 5.74) is 0.919. The van der Waals surface area contributed by atoms with E-state index >= 15 is 0 Å². The van der Waals surface area contributed by atoms with Gasteiger partial charge in [0.25, 0.3) is 0 Å². The standard InChI is InChI=1S/C11H14O3S2/c1-15-11-9(6-4-8-12)5-3-7-10(11)16(2,13)14/h3,5,7-8H,4,6H2,1-2H3. The molecule has 0 unspecified atom stereocenters. The van der Waals surface area contributed by atoms with E-state index in [1.807, 2.05) is 12.3 Å². The van der Waals surface area contributed by atoms with Crippen molar-refractivity contribution < 1.29 is 13.2 Å². The van der Waals surface area contributed by atoms with Gasteiger partial charge in [0.05, 0.1) is 4.90 Å². The summed E-state index contributed by atoms with van der Waals surface area (Å²) >= 11 is 1.40. The highest BCUT2D eigenvalue weighted by atomic mass is 32.2. The Balaban J connectivity index is 3.26. The smallest absolute Gasteiger partial charge is 0.176 e. The quantitative estimate of drug-likeness (QED) is 0.598.